The topological polar surface area (TPSA) is 84.2 Å². The molecule has 3 N–H and O–H groups in total. The average Bonchev–Trinajstić information content (AvgIpc) is 2.83. The standard InChI is InChI=1S/C11H18N4O2/c1-2-15(6-8-4-3-5-17-8)10-9(12)11(16)14-7-13-10/h7-8H,2-6,12H2,1H3,(H,13,14,16). The highest BCUT2D eigenvalue weighted by atomic mass is 16.5. The van der Waals surface area contributed by atoms with E-state index in [2.05, 4.69) is 9.97 Å². The number of nitrogens with zero attached hydrogens (tertiary/aromatic N) is 2. The molecule has 0 radical (unpaired) electrons. The van der Waals surface area contributed by atoms with Crippen LogP contribution in [0.3, 0.4) is 0 Å². The van der Waals surface area contributed by atoms with Crippen molar-refractivity contribution in [1.29, 1.82) is 0 Å². The van der Waals surface area contributed by atoms with Gasteiger partial charge in [0.05, 0.1) is 12.4 Å². The molecule has 0 aliphatic carbocycles. The van der Waals surface area contributed by atoms with Crippen molar-refractivity contribution < 1.29 is 4.74 Å². The van der Waals surface area contributed by atoms with E-state index in [0.717, 1.165) is 32.5 Å². The highest BCUT2D eigenvalue weighted by Crippen LogP contribution is 2.19. The summed E-state index contributed by atoms with van der Waals surface area (Å²) in [6.07, 6.45) is 3.75. The molecule has 1 aliphatic rings. The fourth-order valence-electron chi connectivity index (χ4n) is 2.05. The molecule has 6 nitrogen and oxygen atoms in total. The van der Waals surface area contributed by atoms with Gasteiger partial charge in [0, 0.05) is 19.7 Å². The number of likely N-dealkylation sites (N-methyl/N-ethyl adjacent to an activating group) is 1. The molecule has 1 aromatic heterocycles. The summed E-state index contributed by atoms with van der Waals surface area (Å²) in [7, 11) is 0. The summed E-state index contributed by atoms with van der Waals surface area (Å²) in [4.78, 5) is 20.0. The number of aromatic amines is 1. The molecular weight excluding hydrogens is 220 g/mol. The number of hydrogen-bond acceptors (Lipinski definition) is 5. The Kier molecular flexibility index (Phi) is 3.63. The zero-order chi connectivity index (χ0) is 12.3. The second-order valence-electron chi connectivity index (χ2n) is 4.14. The molecular formula is C11H18N4O2. The summed E-state index contributed by atoms with van der Waals surface area (Å²) < 4.78 is 5.58. The van der Waals surface area contributed by atoms with Crippen LogP contribution >= 0.6 is 0 Å². The van der Waals surface area contributed by atoms with Crippen molar-refractivity contribution in [1.82, 2.24) is 9.97 Å². The molecule has 0 bridgehead atoms. The van der Waals surface area contributed by atoms with E-state index >= 15 is 0 Å². The highest BCUT2D eigenvalue weighted by Gasteiger charge is 2.21. The van der Waals surface area contributed by atoms with Crippen molar-refractivity contribution in [2.45, 2.75) is 25.9 Å². The van der Waals surface area contributed by atoms with E-state index in [1.165, 1.54) is 6.33 Å². The van der Waals surface area contributed by atoms with Crippen molar-refractivity contribution in [3.8, 4) is 0 Å². The monoisotopic (exact) mass is 238 g/mol. The minimum Gasteiger partial charge on any atom is -0.391 e. The molecule has 0 spiro atoms. The first kappa shape index (κ1) is 11.9. The maximum Gasteiger partial charge on any atom is 0.276 e. The molecule has 1 aliphatic heterocycles. The Balaban J connectivity index is 2.16. The second kappa shape index (κ2) is 5.18. The summed E-state index contributed by atoms with van der Waals surface area (Å²) in [6, 6.07) is 0. The summed E-state index contributed by atoms with van der Waals surface area (Å²) >= 11 is 0. The zero-order valence-electron chi connectivity index (χ0n) is 9.98. The van der Waals surface area contributed by atoms with E-state index in [-0.39, 0.29) is 17.4 Å². The minimum absolute atomic E-state index is 0.173. The number of H-pyrrole nitrogens is 1. The van der Waals surface area contributed by atoms with Crippen LogP contribution in [-0.2, 0) is 4.74 Å². The smallest absolute Gasteiger partial charge is 0.276 e. The first-order chi connectivity index (χ1) is 8.22. The maximum atomic E-state index is 11.4. The van der Waals surface area contributed by atoms with Crippen molar-refractivity contribution >= 4 is 11.5 Å². The van der Waals surface area contributed by atoms with E-state index in [1.807, 2.05) is 11.8 Å². The van der Waals surface area contributed by atoms with Gasteiger partial charge in [-0.1, -0.05) is 0 Å². The third-order valence-corrected chi connectivity index (χ3v) is 3.00. The van der Waals surface area contributed by atoms with Crippen LogP contribution in [-0.4, -0.2) is 35.8 Å². The van der Waals surface area contributed by atoms with Gasteiger partial charge in [0.15, 0.2) is 5.82 Å². The Bertz CT molecular complexity index is 426. The van der Waals surface area contributed by atoms with Gasteiger partial charge in [-0.15, -0.1) is 0 Å². The predicted molar refractivity (Wildman–Crippen MR) is 66.1 cm³/mol. The fourth-order valence-corrected chi connectivity index (χ4v) is 2.05. The van der Waals surface area contributed by atoms with Crippen LogP contribution in [0.2, 0.25) is 0 Å². The van der Waals surface area contributed by atoms with Crippen molar-refractivity contribution in [3.05, 3.63) is 16.7 Å². The number of rotatable bonds is 4. The largest absolute Gasteiger partial charge is 0.391 e. The lowest BCUT2D eigenvalue weighted by atomic mass is 10.2. The van der Waals surface area contributed by atoms with Crippen molar-refractivity contribution in [3.63, 3.8) is 0 Å². The lowest BCUT2D eigenvalue weighted by molar-refractivity contribution is 0.115. The Labute approximate surface area is 99.8 Å². The van der Waals surface area contributed by atoms with Crippen LogP contribution in [0.4, 0.5) is 11.5 Å². The van der Waals surface area contributed by atoms with Gasteiger partial charge in [-0.25, -0.2) is 4.98 Å². The Hall–Kier alpha value is -1.56. The lowest BCUT2D eigenvalue weighted by Gasteiger charge is -2.25. The first-order valence-corrected chi connectivity index (χ1v) is 5.92. The number of nitrogens with one attached hydrogen (secondary N) is 1. The number of hydrogen-bond donors (Lipinski definition) is 2. The van der Waals surface area contributed by atoms with Crippen LogP contribution < -0.4 is 16.2 Å². The van der Waals surface area contributed by atoms with Gasteiger partial charge in [0.25, 0.3) is 5.56 Å². The zero-order valence-corrected chi connectivity index (χ0v) is 9.98. The van der Waals surface area contributed by atoms with Gasteiger partial charge >= 0.3 is 0 Å². The van der Waals surface area contributed by atoms with E-state index in [0.29, 0.717) is 5.82 Å². The lowest BCUT2D eigenvalue weighted by Crippen LogP contribution is -2.34. The second-order valence-corrected chi connectivity index (χ2v) is 4.14. The highest BCUT2D eigenvalue weighted by molar-refractivity contribution is 5.60. The molecule has 0 amide bonds. The molecule has 2 rings (SSSR count). The number of anilines is 2. The average molecular weight is 238 g/mol. The molecule has 94 valence electrons. The fraction of sp³-hybridized carbons (Fsp3) is 0.636. The molecule has 2 heterocycles. The molecule has 17 heavy (non-hydrogen) atoms. The quantitative estimate of drug-likeness (QED) is 0.791. The number of aromatic nitrogens is 2. The SMILES string of the molecule is CCN(CC1CCCO1)c1nc[nH]c(=O)c1N. The van der Waals surface area contributed by atoms with E-state index in [4.69, 9.17) is 10.5 Å². The van der Waals surface area contributed by atoms with Gasteiger partial charge in [0.2, 0.25) is 0 Å². The summed E-state index contributed by atoms with van der Waals surface area (Å²) in [5.41, 5.74) is 5.63. The maximum absolute atomic E-state index is 11.4. The molecule has 0 saturated carbocycles. The van der Waals surface area contributed by atoms with E-state index in [1.54, 1.807) is 0 Å². The normalized spacial score (nSPS) is 19.5. The van der Waals surface area contributed by atoms with E-state index in [9.17, 15) is 4.79 Å². The molecule has 1 saturated heterocycles. The Morgan fingerprint density at radius 3 is 3.18 bits per heavy atom. The molecule has 1 fully saturated rings. The predicted octanol–water partition coefficient (Wildman–Crippen LogP) is 0.357. The first-order valence-electron chi connectivity index (χ1n) is 5.92. The van der Waals surface area contributed by atoms with Crippen molar-refractivity contribution in [2.75, 3.05) is 30.3 Å². The number of ether oxygens (including phenoxy) is 1. The third-order valence-electron chi connectivity index (χ3n) is 3.00. The van der Waals surface area contributed by atoms with Gasteiger partial charge in [0.1, 0.15) is 5.69 Å². The molecule has 1 unspecified atom stereocenters. The summed E-state index contributed by atoms with van der Waals surface area (Å²) in [5, 5.41) is 0. The molecule has 6 heteroatoms. The number of nitrogen functional groups attached to an aromatic ring is 1. The summed E-state index contributed by atoms with van der Waals surface area (Å²) in [5.74, 6) is 0.548. The number of nitrogens with two attached hydrogens (primary N) is 1. The van der Waals surface area contributed by atoms with Gasteiger partial charge in [-0.3, -0.25) is 4.79 Å². The van der Waals surface area contributed by atoms with Crippen molar-refractivity contribution in [2.24, 2.45) is 0 Å². The van der Waals surface area contributed by atoms with Crippen LogP contribution in [0, 0.1) is 0 Å². The van der Waals surface area contributed by atoms with Gasteiger partial charge in [-0.2, -0.15) is 0 Å². The van der Waals surface area contributed by atoms with Gasteiger partial charge < -0.3 is 20.4 Å². The Morgan fingerprint density at radius 2 is 2.53 bits per heavy atom. The van der Waals surface area contributed by atoms with Crippen LogP contribution in [0.5, 0.6) is 0 Å². The van der Waals surface area contributed by atoms with Crippen LogP contribution in [0.1, 0.15) is 19.8 Å². The van der Waals surface area contributed by atoms with E-state index < -0.39 is 0 Å². The molecule has 1 aromatic rings. The van der Waals surface area contributed by atoms with Gasteiger partial charge in [-0.05, 0) is 19.8 Å². The Morgan fingerprint density at radius 1 is 1.71 bits per heavy atom. The third kappa shape index (κ3) is 2.58. The van der Waals surface area contributed by atoms with Crippen LogP contribution in [0.25, 0.3) is 0 Å². The van der Waals surface area contributed by atoms with Crippen LogP contribution in [0.15, 0.2) is 11.1 Å². The molecule has 1 atom stereocenters. The molecule has 0 aromatic carbocycles. The summed E-state index contributed by atoms with van der Waals surface area (Å²) in [6.45, 7) is 4.31. The minimum atomic E-state index is -0.291.